The predicted molar refractivity (Wildman–Crippen MR) is 99.6 cm³/mol. The lowest BCUT2D eigenvalue weighted by atomic mass is 10.1. The van der Waals surface area contributed by atoms with Gasteiger partial charge >= 0.3 is 5.97 Å². The van der Waals surface area contributed by atoms with Crippen molar-refractivity contribution < 1.29 is 23.4 Å². The molecule has 3 rings (SSSR count). The summed E-state index contributed by atoms with van der Waals surface area (Å²) in [5, 5.41) is -0.0754. The number of carbonyl (C=O) groups excluding carboxylic acids is 1. The quantitative estimate of drug-likeness (QED) is 0.714. The van der Waals surface area contributed by atoms with Crippen LogP contribution in [0.5, 0.6) is 5.75 Å². The van der Waals surface area contributed by atoms with Gasteiger partial charge in [-0.15, -0.1) is 11.8 Å². The van der Waals surface area contributed by atoms with Gasteiger partial charge in [0.15, 0.2) is 6.61 Å². The largest absolute Gasteiger partial charge is 0.482 e. The first-order valence-electron chi connectivity index (χ1n) is 7.89. The fourth-order valence-electron chi connectivity index (χ4n) is 2.66. The second kappa shape index (κ2) is 7.70. The molecule has 5 nitrogen and oxygen atoms in total. The third-order valence-electron chi connectivity index (χ3n) is 3.75. The van der Waals surface area contributed by atoms with Crippen LogP contribution in [0.3, 0.4) is 0 Å². The van der Waals surface area contributed by atoms with Crippen LogP contribution < -0.4 is 4.74 Å². The molecular formula is C18H20O5S2. The Hall–Kier alpha value is -1.67. The minimum atomic E-state index is -2.80. The monoisotopic (exact) mass is 380 g/mol. The zero-order valence-corrected chi connectivity index (χ0v) is 15.4. The molecule has 0 saturated heterocycles. The van der Waals surface area contributed by atoms with Gasteiger partial charge in [0.25, 0.3) is 0 Å². The number of hydrogen-bond acceptors (Lipinski definition) is 6. The van der Waals surface area contributed by atoms with E-state index in [1.807, 2.05) is 30.3 Å². The van der Waals surface area contributed by atoms with E-state index in [0.717, 1.165) is 10.5 Å². The molecule has 1 aliphatic heterocycles. The molecule has 0 aromatic heterocycles. The van der Waals surface area contributed by atoms with Gasteiger partial charge in [0, 0.05) is 4.90 Å². The van der Waals surface area contributed by atoms with E-state index >= 15 is 0 Å². The van der Waals surface area contributed by atoms with E-state index in [4.69, 9.17) is 9.47 Å². The van der Waals surface area contributed by atoms with Crippen molar-refractivity contribution in [2.75, 3.05) is 19.0 Å². The van der Waals surface area contributed by atoms with Gasteiger partial charge in [0.2, 0.25) is 0 Å². The highest BCUT2D eigenvalue weighted by molar-refractivity contribution is 8.25. The first kappa shape index (κ1) is 18.1. The van der Waals surface area contributed by atoms with Gasteiger partial charge in [0.1, 0.15) is 5.75 Å². The fourth-order valence-corrected chi connectivity index (χ4v) is 6.19. The van der Waals surface area contributed by atoms with Crippen LogP contribution in [0.15, 0.2) is 58.3 Å². The van der Waals surface area contributed by atoms with Crippen molar-refractivity contribution in [2.24, 2.45) is 0 Å². The number of esters is 1. The Morgan fingerprint density at radius 2 is 2.00 bits per heavy atom. The van der Waals surface area contributed by atoms with E-state index in [0.29, 0.717) is 17.3 Å². The molecule has 1 heterocycles. The van der Waals surface area contributed by atoms with Crippen LogP contribution in [0.4, 0.5) is 0 Å². The van der Waals surface area contributed by atoms with Crippen LogP contribution in [0.2, 0.25) is 0 Å². The van der Waals surface area contributed by atoms with Gasteiger partial charge in [-0.3, -0.25) is 9.11 Å². The van der Waals surface area contributed by atoms with Crippen LogP contribution in [0.1, 0.15) is 17.7 Å². The molecule has 1 atom stereocenters. The van der Waals surface area contributed by atoms with Gasteiger partial charge in [-0.25, -0.2) is 4.79 Å². The average molecular weight is 380 g/mol. The van der Waals surface area contributed by atoms with Gasteiger partial charge < -0.3 is 9.47 Å². The second-order valence-corrected chi connectivity index (χ2v) is 8.93. The molecule has 0 fully saturated rings. The number of ether oxygens (including phenoxy) is 2. The molecule has 0 saturated carbocycles. The van der Waals surface area contributed by atoms with Gasteiger partial charge in [-0.05, 0) is 42.8 Å². The van der Waals surface area contributed by atoms with Crippen molar-refractivity contribution in [3.05, 3.63) is 54.1 Å². The van der Waals surface area contributed by atoms with E-state index < -0.39 is 16.6 Å². The second-order valence-electron chi connectivity index (χ2n) is 5.55. The number of rotatable bonds is 6. The summed E-state index contributed by atoms with van der Waals surface area (Å²) in [6.45, 7) is 1.88. The number of hydrogen-bond donors (Lipinski definition) is 2. The highest BCUT2D eigenvalue weighted by Gasteiger charge is 2.36. The molecule has 0 bridgehead atoms. The molecule has 2 aromatic carbocycles. The number of fused-ring (bicyclic) bond motifs is 1. The Balaban J connectivity index is 1.79. The smallest absolute Gasteiger partial charge is 0.344 e. The highest BCUT2D eigenvalue weighted by Crippen LogP contribution is 2.63. The lowest BCUT2D eigenvalue weighted by molar-refractivity contribution is -0.145. The Kier molecular flexibility index (Phi) is 5.58. The summed E-state index contributed by atoms with van der Waals surface area (Å²) in [5.41, 5.74) is 0.843. The zero-order chi connectivity index (χ0) is 17.9. The summed E-state index contributed by atoms with van der Waals surface area (Å²) >= 11 is 1.59. The van der Waals surface area contributed by atoms with E-state index in [1.165, 1.54) is 0 Å². The summed E-state index contributed by atoms with van der Waals surface area (Å²) in [6, 6.07) is 15.0. The summed E-state index contributed by atoms with van der Waals surface area (Å²) in [5.74, 6) is 0.369. The maximum Gasteiger partial charge on any atom is 0.344 e. The van der Waals surface area contributed by atoms with Crippen LogP contribution >= 0.6 is 22.4 Å². The van der Waals surface area contributed by atoms with Crippen LogP contribution in [0.25, 0.3) is 0 Å². The Morgan fingerprint density at radius 3 is 2.72 bits per heavy atom. The summed E-state index contributed by atoms with van der Waals surface area (Å²) in [7, 11) is -2.80. The van der Waals surface area contributed by atoms with Gasteiger partial charge in [-0.1, -0.05) is 18.2 Å². The maximum atomic E-state index is 11.4. The molecule has 2 N–H and O–H groups in total. The summed E-state index contributed by atoms with van der Waals surface area (Å²) < 4.78 is 31.1. The van der Waals surface area contributed by atoms with Crippen molar-refractivity contribution in [3.63, 3.8) is 0 Å². The van der Waals surface area contributed by atoms with Crippen LogP contribution in [-0.2, 0) is 9.53 Å². The van der Waals surface area contributed by atoms with Crippen LogP contribution in [0, 0.1) is 0 Å². The average Bonchev–Trinajstić information content (AvgIpc) is 2.84. The minimum absolute atomic E-state index is 0.0754. The zero-order valence-electron chi connectivity index (χ0n) is 13.8. The lowest BCUT2D eigenvalue weighted by Crippen LogP contribution is -2.14. The molecule has 1 unspecified atom stereocenters. The molecule has 7 heteroatoms. The minimum Gasteiger partial charge on any atom is -0.482 e. The Bertz CT molecular complexity index is 748. The van der Waals surface area contributed by atoms with E-state index in [9.17, 15) is 13.9 Å². The number of benzene rings is 2. The molecule has 134 valence electrons. The summed E-state index contributed by atoms with van der Waals surface area (Å²) in [4.78, 5) is 13.1. The van der Waals surface area contributed by atoms with Crippen molar-refractivity contribution >= 4 is 28.3 Å². The van der Waals surface area contributed by atoms with Crippen molar-refractivity contribution in [3.8, 4) is 5.75 Å². The van der Waals surface area contributed by atoms with E-state index in [-0.39, 0.29) is 17.6 Å². The maximum absolute atomic E-state index is 11.4. The SMILES string of the molecule is CCOC(=O)COc1ccc2c(c1)C(Sc1ccccc1)CS2(O)O. The van der Waals surface area contributed by atoms with Gasteiger partial charge in [0.05, 0.1) is 22.5 Å². The van der Waals surface area contributed by atoms with E-state index in [1.54, 1.807) is 36.9 Å². The topological polar surface area (TPSA) is 76.0 Å². The van der Waals surface area contributed by atoms with Crippen molar-refractivity contribution in [2.45, 2.75) is 22.0 Å². The standard InChI is InChI=1S/C18H20O5S2/c1-2-22-18(19)11-23-13-8-9-17-15(10-13)16(12-25(17,20)21)24-14-6-4-3-5-7-14/h3-10,16,20-21H,2,11-12H2,1H3. The Labute approximate surface area is 152 Å². The molecule has 0 radical (unpaired) electrons. The number of thioether (sulfide) groups is 1. The molecule has 0 spiro atoms. The molecular weight excluding hydrogens is 360 g/mol. The molecule has 0 aliphatic carbocycles. The summed E-state index contributed by atoms with van der Waals surface area (Å²) in [6.07, 6.45) is 0. The molecule has 2 aromatic rings. The van der Waals surface area contributed by atoms with E-state index in [2.05, 4.69) is 0 Å². The number of carbonyl (C=O) groups is 1. The predicted octanol–water partition coefficient (Wildman–Crippen LogP) is 4.59. The van der Waals surface area contributed by atoms with Crippen LogP contribution in [-0.4, -0.2) is 34.0 Å². The third kappa shape index (κ3) is 4.30. The first-order valence-corrected chi connectivity index (χ1v) is 10.5. The van der Waals surface area contributed by atoms with Crippen molar-refractivity contribution in [1.82, 2.24) is 0 Å². The first-order chi connectivity index (χ1) is 12.0. The highest BCUT2D eigenvalue weighted by atomic mass is 32.3. The molecule has 25 heavy (non-hydrogen) atoms. The lowest BCUT2D eigenvalue weighted by Gasteiger charge is -2.27. The third-order valence-corrected chi connectivity index (χ3v) is 7.08. The fraction of sp³-hybridized carbons (Fsp3) is 0.278. The Morgan fingerprint density at radius 1 is 1.24 bits per heavy atom. The van der Waals surface area contributed by atoms with Gasteiger partial charge in [-0.2, -0.15) is 10.6 Å². The normalized spacial score (nSPS) is 19.1. The molecule has 0 amide bonds. The van der Waals surface area contributed by atoms with Crippen molar-refractivity contribution in [1.29, 1.82) is 0 Å². The molecule has 1 aliphatic rings.